The third-order valence-electron chi connectivity index (χ3n) is 5.39. The molecule has 2 aliphatic rings. The van der Waals surface area contributed by atoms with E-state index in [0.717, 1.165) is 45.1 Å². The molecule has 0 saturated heterocycles. The van der Waals surface area contributed by atoms with Crippen molar-refractivity contribution in [1.82, 2.24) is 5.32 Å². The van der Waals surface area contributed by atoms with Crippen LogP contribution < -0.4 is 5.32 Å². The molecule has 19 heavy (non-hydrogen) atoms. The van der Waals surface area contributed by atoms with Crippen molar-refractivity contribution in [3.8, 4) is 6.07 Å². The first-order chi connectivity index (χ1) is 9.16. The van der Waals surface area contributed by atoms with E-state index in [9.17, 15) is 10.1 Å². The van der Waals surface area contributed by atoms with E-state index in [2.05, 4.69) is 18.3 Å². The minimum Gasteiger partial charge on any atom is -0.354 e. The molecule has 0 aromatic carbocycles. The fourth-order valence-electron chi connectivity index (χ4n) is 3.76. The molecule has 2 rings (SSSR count). The Bertz CT molecular complexity index is 357. The molecule has 0 aromatic heterocycles. The number of nitrogens with one attached hydrogen (secondary N) is 1. The van der Waals surface area contributed by atoms with Gasteiger partial charge in [0.25, 0.3) is 0 Å². The summed E-state index contributed by atoms with van der Waals surface area (Å²) >= 11 is 0. The van der Waals surface area contributed by atoms with Crippen LogP contribution in [0.15, 0.2) is 0 Å². The zero-order valence-electron chi connectivity index (χ0n) is 12.1. The van der Waals surface area contributed by atoms with Crippen LogP contribution in [0.4, 0.5) is 0 Å². The van der Waals surface area contributed by atoms with Crippen LogP contribution >= 0.6 is 0 Å². The van der Waals surface area contributed by atoms with E-state index in [-0.39, 0.29) is 5.91 Å². The Balaban J connectivity index is 1.94. The smallest absolute Gasteiger partial charge is 0.240 e. The maximum atomic E-state index is 12.4. The minimum atomic E-state index is -0.730. The van der Waals surface area contributed by atoms with Gasteiger partial charge in [-0.3, -0.25) is 4.79 Å². The molecule has 106 valence electrons. The molecule has 3 heteroatoms. The molecule has 1 N–H and O–H groups in total. The Morgan fingerprint density at radius 3 is 2.21 bits per heavy atom. The number of nitrogens with zero attached hydrogens (tertiary/aromatic N) is 1. The van der Waals surface area contributed by atoms with Gasteiger partial charge < -0.3 is 5.32 Å². The highest BCUT2D eigenvalue weighted by atomic mass is 16.2. The molecule has 0 atom stereocenters. The first-order valence-corrected chi connectivity index (χ1v) is 7.86. The Morgan fingerprint density at radius 1 is 1.11 bits per heavy atom. The van der Waals surface area contributed by atoms with Crippen molar-refractivity contribution in [2.45, 2.75) is 71.1 Å². The van der Waals surface area contributed by atoms with E-state index in [1.165, 1.54) is 25.7 Å². The average Bonchev–Trinajstić information content (AvgIpc) is 2.95. The second-order valence-electron chi connectivity index (χ2n) is 6.50. The number of hydrogen-bond donors (Lipinski definition) is 1. The molecule has 0 spiro atoms. The van der Waals surface area contributed by atoms with Gasteiger partial charge in [0.1, 0.15) is 5.41 Å². The molecular formula is C16H26N2O. The number of nitriles is 1. The Hall–Kier alpha value is -1.04. The largest absolute Gasteiger partial charge is 0.354 e. The fourth-order valence-corrected chi connectivity index (χ4v) is 3.76. The average molecular weight is 262 g/mol. The minimum absolute atomic E-state index is 0.00516. The molecular weight excluding hydrogens is 236 g/mol. The number of carbonyl (C=O) groups excluding carboxylic acids is 1. The molecule has 0 bridgehead atoms. The standard InChI is InChI=1S/C16H26N2O/c1-2-15(8-6-7-9-15)13-18-14(19)16(12-17)10-4-3-5-11-16/h2-11,13H2,1H3,(H,18,19). The number of rotatable bonds is 4. The number of hydrogen-bond acceptors (Lipinski definition) is 2. The predicted molar refractivity (Wildman–Crippen MR) is 75.3 cm³/mol. The van der Waals surface area contributed by atoms with E-state index in [4.69, 9.17) is 0 Å². The number of amides is 1. The molecule has 2 saturated carbocycles. The van der Waals surface area contributed by atoms with Crippen molar-refractivity contribution in [2.24, 2.45) is 10.8 Å². The van der Waals surface area contributed by atoms with Crippen molar-refractivity contribution in [2.75, 3.05) is 6.54 Å². The lowest BCUT2D eigenvalue weighted by Crippen LogP contribution is -2.45. The van der Waals surface area contributed by atoms with Gasteiger partial charge in [-0.15, -0.1) is 0 Å². The van der Waals surface area contributed by atoms with Gasteiger partial charge in [0.15, 0.2) is 0 Å². The Morgan fingerprint density at radius 2 is 1.68 bits per heavy atom. The van der Waals surface area contributed by atoms with Gasteiger partial charge in [0, 0.05) is 6.54 Å². The van der Waals surface area contributed by atoms with Crippen molar-refractivity contribution in [3.05, 3.63) is 0 Å². The highest BCUT2D eigenvalue weighted by Gasteiger charge is 2.41. The van der Waals surface area contributed by atoms with Gasteiger partial charge in [-0.05, 0) is 37.5 Å². The van der Waals surface area contributed by atoms with E-state index >= 15 is 0 Å². The third kappa shape index (κ3) is 2.94. The van der Waals surface area contributed by atoms with E-state index in [0.29, 0.717) is 5.41 Å². The quantitative estimate of drug-likeness (QED) is 0.842. The first kappa shape index (κ1) is 14.4. The van der Waals surface area contributed by atoms with Crippen molar-refractivity contribution in [1.29, 1.82) is 5.26 Å². The second-order valence-corrected chi connectivity index (χ2v) is 6.50. The van der Waals surface area contributed by atoms with Crippen molar-refractivity contribution < 1.29 is 4.79 Å². The zero-order valence-corrected chi connectivity index (χ0v) is 12.1. The van der Waals surface area contributed by atoms with Crippen molar-refractivity contribution >= 4 is 5.91 Å². The molecule has 0 heterocycles. The van der Waals surface area contributed by atoms with E-state index < -0.39 is 5.41 Å². The molecule has 0 aliphatic heterocycles. The molecule has 0 unspecified atom stereocenters. The Kier molecular flexibility index (Phi) is 4.50. The maximum absolute atomic E-state index is 12.4. The first-order valence-electron chi connectivity index (χ1n) is 7.86. The van der Waals surface area contributed by atoms with Gasteiger partial charge >= 0.3 is 0 Å². The van der Waals surface area contributed by atoms with Crippen molar-refractivity contribution in [3.63, 3.8) is 0 Å². The van der Waals surface area contributed by atoms with Crippen LogP contribution in [0.5, 0.6) is 0 Å². The monoisotopic (exact) mass is 262 g/mol. The topological polar surface area (TPSA) is 52.9 Å². The molecule has 2 aliphatic carbocycles. The summed E-state index contributed by atoms with van der Waals surface area (Å²) in [5.41, 5.74) is -0.424. The van der Waals surface area contributed by atoms with Gasteiger partial charge in [-0.1, -0.05) is 39.0 Å². The summed E-state index contributed by atoms with van der Waals surface area (Å²) < 4.78 is 0. The second kappa shape index (κ2) is 5.94. The third-order valence-corrected chi connectivity index (χ3v) is 5.39. The normalized spacial score (nSPS) is 24.6. The predicted octanol–water partition coefficient (Wildman–Crippen LogP) is 3.55. The van der Waals surface area contributed by atoms with Crippen LogP contribution in [0.2, 0.25) is 0 Å². The lowest BCUT2D eigenvalue weighted by molar-refractivity contribution is -0.130. The molecule has 2 fully saturated rings. The van der Waals surface area contributed by atoms with Crippen LogP contribution in [0.3, 0.4) is 0 Å². The summed E-state index contributed by atoms with van der Waals surface area (Å²) in [5, 5.41) is 12.5. The highest BCUT2D eigenvalue weighted by molar-refractivity contribution is 5.85. The summed E-state index contributed by atoms with van der Waals surface area (Å²) in [6.45, 7) is 2.99. The van der Waals surface area contributed by atoms with Gasteiger partial charge in [-0.25, -0.2) is 0 Å². The molecule has 1 amide bonds. The maximum Gasteiger partial charge on any atom is 0.240 e. The number of carbonyl (C=O) groups is 1. The molecule has 0 radical (unpaired) electrons. The molecule has 0 aromatic rings. The van der Waals surface area contributed by atoms with Crippen LogP contribution in [-0.2, 0) is 4.79 Å². The Labute approximate surface area is 116 Å². The lowest BCUT2D eigenvalue weighted by Gasteiger charge is -2.33. The van der Waals surface area contributed by atoms with Gasteiger partial charge in [-0.2, -0.15) is 5.26 Å². The summed E-state index contributed by atoms with van der Waals surface area (Å²) in [5.74, 6) is -0.00516. The summed E-state index contributed by atoms with van der Waals surface area (Å²) in [6, 6.07) is 2.31. The van der Waals surface area contributed by atoms with Gasteiger partial charge in [0.2, 0.25) is 5.91 Å². The SMILES string of the molecule is CCC1(CNC(=O)C2(C#N)CCCCC2)CCCC1. The van der Waals surface area contributed by atoms with E-state index in [1.807, 2.05) is 0 Å². The van der Waals surface area contributed by atoms with E-state index in [1.54, 1.807) is 0 Å². The van der Waals surface area contributed by atoms with Crippen LogP contribution in [0, 0.1) is 22.2 Å². The van der Waals surface area contributed by atoms with Crippen LogP contribution in [-0.4, -0.2) is 12.5 Å². The summed E-state index contributed by atoms with van der Waals surface area (Å²) in [6.07, 6.45) is 10.8. The summed E-state index contributed by atoms with van der Waals surface area (Å²) in [4.78, 5) is 12.4. The van der Waals surface area contributed by atoms with Crippen LogP contribution in [0.25, 0.3) is 0 Å². The van der Waals surface area contributed by atoms with Gasteiger partial charge in [0.05, 0.1) is 6.07 Å². The zero-order chi connectivity index (χ0) is 13.8. The summed E-state index contributed by atoms with van der Waals surface area (Å²) in [7, 11) is 0. The van der Waals surface area contributed by atoms with Crippen LogP contribution in [0.1, 0.15) is 71.1 Å². The fraction of sp³-hybridized carbons (Fsp3) is 0.875. The molecule has 3 nitrogen and oxygen atoms in total. The highest BCUT2D eigenvalue weighted by Crippen LogP contribution is 2.41. The lowest BCUT2D eigenvalue weighted by atomic mass is 9.74.